The average molecular weight is 150 g/mol. The van der Waals surface area contributed by atoms with Crippen LogP contribution in [0.5, 0.6) is 0 Å². The SMILES string of the molecule is [C-]#[N+]CCCC(C#N)CCC. The van der Waals surface area contributed by atoms with Gasteiger partial charge in [0.2, 0.25) is 6.54 Å². The highest BCUT2D eigenvalue weighted by atomic mass is 14.6. The predicted octanol–water partition coefficient (Wildman–Crippen LogP) is 2.63. The van der Waals surface area contributed by atoms with Crippen LogP contribution >= 0.6 is 0 Å². The molecule has 0 aliphatic rings. The molecule has 0 aliphatic heterocycles. The van der Waals surface area contributed by atoms with E-state index in [0.717, 1.165) is 25.7 Å². The van der Waals surface area contributed by atoms with E-state index in [2.05, 4.69) is 17.8 Å². The van der Waals surface area contributed by atoms with Gasteiger partial charge in [0.1, 0.15) is 0 Å². The molecule has 0 N–H and O–H groups in total. The maximum atomic E-state index is 8.63. The molecule has 11 heavy (non-hydrogen) atoms. The zero-order chi connectivity index (χ0) is 8.53. The van der Waals surface area contributed by atoms with Crippen LogP contribution in [-0.4, -0.2) is 6.54 Å². The Morgan fingerprint density at radius 2 is 2.27 bits per heavy atom. The third-order valence-electron chi connectivity index (χ3n) is 1.64. The molecule has 0 saturated heterocycles. The van der Waals surface area contributed by atoms with E-state index in [4.69, 9.17) is 11.8 Å². The fourth-order valence-corrected chi connectivity index (χ4v) is 1.04. The zero-order valence-electron chi connectivity index (χ0n) is 7.01. The van der Waals surface area contributed by atoms with E-state index in [1.54, 1.807) is 0 Å². The Kier molecular flexibility index (Phi) is 6.43. The zero-order valence-corrected chi connectivity index (χ0v) is 7.01. The molecule has 1 unspecified atom stereocenters. The van der Waals surface area contributed by atoms with Crippen LogP contribution in [0.2, 0.25) is 0 Å². The van der Waals surface area contributed by atoms with Crippen LogP contribution in [0.1, 0.15) is 32.6 Å². The van der Waals surface area contributed by atoms with Gasteiger partial charge in [0.05, 0.1) is 6.07 Å². The first-order valence-corrected chi connectivity index (χ1v) is 4.08. The second-order valence-electron chi connectivity index (χ2n) is 2.64. The van der Waals surface area contributed by atoms with Crippen LogP contribution in [0.3, 0.4) is 0 Å². The average Bonchev–Trinajstić information content (AvgIpc) is 2.03. The first-order valence-electron chi connectivity index (χ1n) is 4.08. The lowest BCUT2D eigenvalue weighted by molar-refractivity contribution is 0.537. The summed E-state index contributed by atoms with van der Waals surface area (Å²) in [7, 11) is 0. The van der Waals surface area contributed by atoms with Gasteiger partial charge >= 0.3 is 0 Å². The molecule has 0 spiro atoms. The summed E-state index contributed by atoms with van der Waals surface area (Å²) in [6.07, 6.45) is 3.82. The first kappa shape index (κ1) is 9.98. The van der Waals surface area contributed by atoms with E-state index in [1.807, 2.05) is 0 Å². The molecule has 0 saturated carbocycles. The van der Waals surface area contributed by atoms with Crippen LogP contribution in [0.25, 0.3) is 4.85 Å². The van der Waals surface area contributed by atoms with Crippen molar-refractivity contribution in [2.45, 2.75) is 32.6 Å². The topological polar surface area (TPSA) is 28.1 Å². The van der Waals surface area contributed by atoms with Gasteiger partial charge in [-0.2, -0.15) is 5.26 Å². The number of hydrogen-bond donors (Lipinski definition) is 0. The van der Waals surface area contributed by atoms with Crippen LogP contribution in [0, 0.1) is 23.8 Å². The number of nitriles is 1. The molecule has 0 heterocycles. The molecule has 0 aliphatic carbocycles. The summed E-state index contributed by atoms with van der Waals surface area (Å²) in [5.74, 6) is 0.182. The van der Waals surface area contributed by atoms with Crippen molar-refractivity contribution < 1.29 is 0 Å². The molecule has 0 amide bonds. The Hall–Kier alpha value is -1.02. The molecule has 2 nitrogen and oxygen atoms in total. The monoisotopic (exact) mass is 150 g/mol. The Balaban J connectivity index is 3.39. The van der Waals surface area contributed by atoms with Crippen molar-refractivity contribution in [3.63, 3.8) is 0 Å². The highest BCUT2D eigenvalue weighted by molar-refractivity contribution is 4.82. The summed E-state index contributed by atoms with van der Waals surface area (Å²) in [6, 6.07) is 2.26. The highest BCUT2D eigenvalue weighted by Gasteiger charge is 2.05. The number of rotatable bonds is 5. The summed E-state index contributed by atoms with van der Waals surface area (Å²) in [6.45, 7) is 9.20. The van der Waals surface area contributed by atoms with Crippen LogP contribution in [0.15, 0.2) is 0 Å². The second kappa shape index (κ2) is 7.09. The van der Waals surface area contributed by atoms with Gasteiger partial charge in [0.25, 0.3) is 0 Å². The standard InChI is InChI=1S/C9H14N2/c1-3-5-9(8-10)6-4-7-11-2/h9H,3-7H2,1H3. The smallest absolute Gasteiger partial charge is 0.214 e. The molecule has 2 heteroatoms. The van der Waals surface area contributed by atoms with E-state index in [-0.39, 0.29) is 5.92 Å². The summed E-state index contributed by atoms with van der Waals surface area (Å²) < 4.78 is 0. The van der Waals surface area contributed by atoms with Gasteiger partial charge in [-0.05, 0) is 12.8 Å². The molecule has 0 fully saturated rings. The Morgan fingerprint density at radius 3 is 2.73 bits per heavy atom. The van der Waals surface area contributed by atoms with Gasteiger partial charge in [0.15, 0.2) is 0 Å². The summed E-state index contributed by atoms with van der Waals surface area (Å²) in [5.41, 5.74) is 0. The minimum atomic E-state index is 0.182. The van der Waals surface area contributed by atoms with Crippen molar-refractivity contribution in [1.29, 1.82) is 5.26 Å². The van der Waals surface area contributed by atoms with Gasteiger partial charge in [0, 0.05) is 12.3 Å². The lowest BCUT2D eigenvalue weighted by atomic mass is 10.00. The summed E-state index contributed by atoms with van der Waals surface area (Å²) in [5, 5.41) is 8.63. The normalized spacial score (nSPS) is 11.5. The Bertz CT molecular complexity index is 161. The van der Waals surface area contributed by atoms with Crippen molar-refractivity contribution in [1.82, 2.24) is 0 Å². The number of nitrogens with zero attached hydrogens (tertiary/aromatic N) is 2. The molecule has 60 valence electrons. The maximum Gasteiger partial charge on any atom is 0.214 e. The molecule has 0 bridgehead atoms. The van der Waals surface area contributed by atoms with Gasteiger partial charge in [-0.1, -0.05) is 13.3 Å². The largest absolute Gasteiger partial charge is 0.317 e. The van der Waals surface area contributed by atoms with Crippen molar-refractivity contribution in [2.24, 2.45) is 5.92 Å². The van der Waals surface area contributed by atoms with Crippen LogP contribution in [-0.2, 0) is 0 Å². The molecule has 0 aromatic carbocycles. The molecular formula is C9H14N2. The van der Waals surface area contributed by atoms with Gasteiger partial charge < -0.3 is 4.85 Å². The quantitative estimate of drug-likeness (QED) is 0.437. The van der Waals surface area contributed by atoms with E-state index in [0.29, 0.717) is 6.54 Å². The minimum Gasteiger partial charge on any atom is -0.317 e. The van der Waals surface area contributed by atoms with Crippen LogP contribution in [0.4, 0.5) is 0 Å². The molecule has 0 rings (SSSR count). The Labute approximate surface area is 68.7 Å². The molecule has 0 aromatic heterocycles. The van der Waals surface area contributed by atoms with Crippen molar-refractivity contribution in [3.05, 3.63) is 11.4 Å². The maximum absolute atomic E-state index is 8.63. The summed E-state index contributed by atoms with van der Waals surface area (Å²) in [4.78, 5) is 3.24. The lowest BCUT2D eigenvalue weighted by Crippen LogP contribution is -1.96. The lowest BCUT2D eigenvalue weighted by Gasteiger charge is -2.02. The Morgan fingerprint density at radius 1 is 1.55 bits per heavy atom. The first-order chi connectivity index (χ1) is 5.35. The third-order valence-corrected chi connectivity index (χ3v) is 1.64. The molecule has 0 aromatic rings. The van der Waals surface area contributed by atoms with E-state index < -0.39 is 0 Å². The van der Waals surface area contributed by atoms with E-state index in [1.165, 1.54) is 0 Å². The highest BCUT2D eigenvalue weighted by Crippen LogP contribution is 2.11. The molecular weight excluding hydrogens is 136 g/mol. The van der Waals surface area contributed by atoms with Crippen molar-refractivity contribution in [2.75, 3.05) is 6.54 Å². The third kappa shape index (κ3) is 5.43. The predicted molar refractivity (Wildman–Crippen MR) is 44.7 cm³/mol. The van der Waals surface area contributed by atoms with E-state index >= 15 is 0 Å². The summed E-state index contributed by atoms with van der Waals surface area (Å²) >= 11 is 0. The molecule has 0 radical (unpaired) electrons. The van der Waals surface area contributed by atoms with Gasteiger partial charge in [-0.25, -0.2) is 6.57 Å². The minimum absolute atomic E-state index is 0.182. The van der Waals surface area contributed by atoms with Crippen LogP contribution < -0.4 is 0 Å². The van der Waals surface area contributed by atoms with Gasteiger partial charge in [-0.15, -0.1) is 0 Å². The van der Waals surface area contributed by atoms with Crippen molar-refractivity contribution >= 4 is 0 Å². The van der Waals surface area contributed by atoms with Crippen molar-refractivity contribution in [3.8, 4) is 6.07 Å². The molecule has 1 atom stereocenters. The second-order valence-corrected chi connectivity index (χ2v) is 2.64. The fraction of sp³-hybridized carbons (Fsp3) is 0.778. The van der Waals surface area contributed by atoms with Gasteiger partial charge in [-0.3, -0.25) is 0 Å². The fourth-order valence-electron chi connectivity index (χ4n) is 1.04. The van der Waals surface area contributed by atoms with E-state index in [9.17, 15) is 0 Å². The number of hydrogen-bond acceptors (Lipinski definition) is 1.